The molecular formula is C30H26Cl2FN9O3. The summed E-state index contributed by atoms with van der Waals surface area (Å²) in [6, 6.07) is 8.91. The minimum absolute atomic E-state index is 0.0553. The average molecular weight is 651 g/mol. The van der Waals surface area contributed by atoms with Gasteiger partial charge < -0.3 is 9.72 Å². The van der Waals surface area contributed by atoms with Crippen LogP contribution in [0.2, 0.25) is 10.0 Å². The zero-order valence-corrected chi connectivity index (χ0v) is 25.8. The Morgan fingerprint density at radius 1 is 1.20 bits per heavy atom. The number of H-pyrrole nitrogens is 1. The molecule has 45 heavy (non-hydrogen) atoms. The molecule has 0 bridgehead atoms. The quantitative estimate of drug-likeness (QED) is 0.212. The first kappa shape index (κ1) is 30.2. The molecule has 5 aromatic rings. The molecule has 12 nitrogen and oxygen atoms in total. The van der Waals surface area contributed by atoms with Crippen LogP contribution in [-0.4, -0.2) is 51.4 Å². The number of hydrogen-bond donors (Lipinski definition) is 2. The Morgan fingerprint density at radius 3 is 2.71 bits per heavy atom. The fourth-order valence-corrected chi connectivity index (χ4v) is 5.63. The molecule has 0 spiro atoms. The lowest BCUT2D eigenvalue weighted by atomic mass is 9.99. The van der Waals surface area contributed by atoms with Crippen LogP contribution in [0.4, 0.5) is 14.9 Å². The number of aromatic amines is 1. The summed E-state index contributed by atoms with van der Waals surface area (Å²) in [7, 11) is 0. The summed E-state index contributed by atoms with van der Waals surface area (Å²) in [5.74, 6) is -0.0868. The van der Waals surface area contributed by atoms with Gasteiger partial charge in [0.05, 0.1) is 29.0 Å². The highest BCUT2D eigenvalue weighted by Gasteiger charge is 2.36. The second kappa shape index (κ2) is 11.6. The van der Waals surface area contributed by atoms with Gasteiger partial charge in [0, 0.05) is 34.6 Å². The van der Waals surface area contributed by atoms with Crippen molar-refractivity contribution in [3.8, 4) is 28.2 Å². The number of fused-ring (bicyclic) bond motifs is 1. The number of aromatic nitrogens is 8. The van der Waals surface area contributed by atoms with Crippen molar-refractivity contribution in [3.63, 3.8) is 0 Å². The number of anilines is 1. The highest BCUT2D eigenvalue weighted by Crippen LogP contribution is 2.38. The van der Waals surface area contributed by atoms with E-state index < -0.39 is 23.6 Å². The molecule has 0 aliphatic carbocycles. The molecule has 0 unspecified atom stereocenters. The Balaban J connectivity index is 1.34. The monoisotopic (exact) mass is 649 g/mol. The first-order valence-corrected chi connectivity index (χ1v) is 14.5. The normalized spacial score (nSPS) is 16.0. The highest BCUT2D eigenvalue weighted by atomic mass is 35.5. The molecule has 6 rings (SSSR count). The maximum Gasteiger partial charge on any atom is 0.412 e. The number of carbonyl (C=O) groups excluding carboxylic acids is 1. The number of imidazole rings is 1. The lowest BCUT2D eigenvalue weighted by Crippen LogP contribution is -2.27. The van der Waals surface area contributed by atoms with E-state index in [1.807, 2.05) is 0 Å². The molecule has 0 saturated heterocycles. The molecule has 15 heteroatoms. The van der Waals surface area contributed by atoms with Crippen molar-refractivity contribution in [2.45, 2.75) is 38.8 Å². The molecule has 2 N–H and O–H groups in total. The van der Waals surface area contributed by atoms with Gasteiger partial charge in [-0.3, -0.25) is 14.7 Å². The van der Waals surface area contributed by atoms with Crippen LogP contribution in [0.25, 0.3) is 28.2 Å². The van der Waals surface area contributed by atoms with Gasteiger partial charge in [0.15, 0.2) is 5.82 Å². The summed E-state index contributed by atoms with van der Waals surface area (Å²) in [5, 5.41) is 14.0. The van der Waals surface area contributed by atoms with Crippen molar-refractivity contribution in [1.82, 2.24) is 39.7 Å². The Kier molecular flexibility index (Phi) is 7.75. The van der Waals surface area contributed by atoms with Gasteiger partial charge >= 0.3 is 6.09 Å². The molecule has 0 fully saturated rings. The standard InChI is InChI=1S/C30H26Cl2FN9O3/c1-5-15-10-23-36-20(18-11-16(31)6-9-22(18)41-14-35-39-40-41)12-24(43)42(23)27(15)28-34-13-21(37-28)17-7-8-19(25(32)26(17)33)38-29(44)45-30(2,3)4/h5-9,11-15,27H,1,10H2,2-4H3,(H,34,37)(H,38,44)/t15-,27-/m0/s1. The van der Waals surface area contributed by atoms with Crippen LogP contribution >= 0.6 is 23.2 Å². The summed E-state index contributed by atoms with van der Waals surface area (Å²) in [6.07, 6.45) is 4.27. The molecule has 4 heterocycles. The number of halogens is 3. The molecule has 0 radical (unpaired) electrons. The second-order valence-corrected chi connectivity index (χ2v) is 12.1. The van der Waals surface area contributed by atoms with Crippen LogP contribution in [0, 0.1) is 11.7 Å². The Bertz CT molecular complexity index is 2000. The van der Waals surface area contributed by atoms with Crippen molar-refractivity contribution in [3.05, 3.63) is 99.4 Å². The second-order valence-electron chi connectivity index (χ2n) is 11.3. The van der Waals surface area contributed by atoms with Gasteiger partial charge in [0.2, 0.25) is 0 Å². The zero-order valence-electron chi connectivity index (χ0n) is 24.3. The third-order valence-electron chi connectivity index (χ3n) is 7.14. The van der Waals surface area contributed by atoms with E-state index >= 15 is 4.39 Å². The summed E-state index contributed by atoms with van der Waals surface area (Å²) in [6.45, 7) is 9.10. The number of benzene rings is 2. The van der Waals surface area contributed by atoms with Gasteiger partial charge in [-0.15, -0.1) is 11.7 Å². The topological polar surface area (TPSA) is 146 Å². The molecule has 1 aliphatic rings. The maximum atomic E-state index is 15.5. The SMILES string of the molecule is C=C[C@H]1Cc2nc(-c3cc(Cl)ccc3-n3cnnn3)cc(=O)n2[C@@H]1c1ncc(-c2ccc(NC(=O)OC(C)(C)C)c(Cl)c2F)[nH]1. The van der Waals surface area contributed by atoms with E-state index in [2.05, 4.69) is 37.4 Å². The lowest BCUT2D eigenvalue weighted by Gasteiger charge is -2.20. The van der Waals surface area contributed by atoms with Gasteiger partial charge in [-0.05, 0) is 61.5 Å². The van der Waals surface area contributed by atoms with E-state index in [1.165, 1.54) is 35.4 Å². The van der Waals surface area contributed by atoms with E-state index in [0.29, 0.717) is 45.7 Å². The number of nitrogens with one attached hydrogen (secondary N) is 2. The third kappa shape index (κ3) is 5.83. The molecule has 0 saturated carbocycles. The number of nitrogens with zero attached hydrogens (tertiary/aromatic N) is 7. The summed E-state index contributed by atoms with van der Waals surface area (Å²) < 4.78 is 23.7. The van der Waals surface area contributed by atoms with Crippen LogP contribution in [0.5, 0.6) is 0 Å². The fourth-order valence-electron chi connectivity index (χ4n) is 5.25. The number of ether oxygens (including phenoxy) is 1. The Morgan fingerprint density at radius 2 is 2.00 bits per heavy atom. The van der Waals surface area contributed by atoms with Crippen LogP contribution in [0.1, 0.15) is 38.5 Å². The molecule has 230 valence electrons. The third-order valence-corrected chi connectivity index (χ3v) is 7.75. The largest absolute Gasteiger partial charge is 0.444 e. The van der Waals surface area contributed by atoms with Gasteiger partial charge in [0.25, 0.3) is 5.56 Å². The predicted octanol–water partition coefficient (Wildman–Crippen LogP) is 6.02. The van der Waals surface area contributed by atoms with Crippen molar-refractivity contribution < 1.29 is 13.9 Å². The predicted molar refractivity (Wildman–Crippen MR) is 166 cm³/mol. The highest BCUT2D eigenvalue weighted by molar-refractivity contribution is 6.34. The van der Waals surface area contributed by atoms with E-state index in [9.17, 15) is 9.59 Å². The van der Waals surface area contributed by atoms with Gasteiger partial charge in [-0.1, -0.05) is 29.3 Å². The van der Waals surface area contributed by atoms with Crippen LogP contribution in [0.15, 0.2) is 66.4 Å². The zero-order chi connectivity index (χ0) is 32.0. The van der Waals surface area contributed by atoms with E-state index in [1.54, 1.807) is 49.6 Å². The Hall–Kier alpha value is -4.88. The molecular weight excluding hydrogens is 624 g/mol. The van der Waals surface area contributed by atoms with Crippen molar-refractivity contribution in [2.24, 2.45) is 5.92 Å². The molecule has 3 aromatic heterocycles. The number of amides is 1. The minimum atomic E-state index is -0.768. The molecule has 2 atom stereocenters. The first-order valence-electron chi connectivity index (χ1n) is 13.7. The fraction of sp³-hybridized carbons (Fsp3) is 0.233. The molecule has 2 aromatic carbocycles. The van der Waals surface area contributed by atoms with E-state index in [0.717, 1.165) is 0 Å². The van der Waals surface area contributed by atoms with Crippen molar-refractivity contribution in [1.29, 1.82) is 0 Å². The number of hydrogen-bond acceptors (Lipinski definition) is 8. The first-order chi connectivity index (χ1) is 21.4. The maximum absolute atomic E-state index is 15.5. The summed E-state index contributed by atoms with van der Waals surface area (Å²) in [5.41, 5.74) is 1.02. The Labute approximate surface area is 265 Å². The summed E-state index contributed by atoms with van der Waals surface area (Å²) >= 11 is 12.6. The summed E-state index contributed by atoms with van der Waals surface area (Å²) in [4.78, 5) is 38.3. The smallest absolute Gasteiger partial charge is 0.412 e. The van der Waals surface area contributed by atoms with E-state index in [-0.39, 0.29) is 27.8 Å². The average Bonchev–Trinajstić information content (AvgIpc) is 3.74. The van der Waals surface area contributed by atoms with E-state index in [4.69, 9.17) is 32.9 Å². The van der Waals surface area contributed by atoms with Crippen LogP contribution < -0.4 is 10.9 Å². The number of tetrazole rings is 1. The lowest BCUT2D eigenvalue weighted by molar-refractivity contribution is 0.0636. The van der Waals surface area contributed by atoms with Crippen LogP contribution in [-0.2, 0) is 11.2 Å². The van der Waals surface area contributed by atoms with Gasteiger partial charge in [-0.2, -0.15) is 4.68 Å². The number of carbonyl (C=O) groups is 1. The van der Waals surface area contributed by atoms with Gasteiger partial charge in [0.1, 0.15) is 34.6 Å². The minimum Gasteiger partial charge on any atom is -0.444 e. The van der Waals surface area contributed by atoms with Gasteiger partial charge in [-0.25, -0.2) is 19.2 Å². The van der Waals surface area contributed by atoms with Crippen LogP contribution in [0.3, 0.4) is 0 Å². The number of allylic oxidation sites excluding steroid dienone is 1. The molecule has 1 aliphatic heterocycles. The van der Waals surface area contributed by atoms with Crippen molar-refractivity contribution >= 4 is 35.0 Å². The number of rotatable bonds is 6. The molecule has 1 amide bonds. The van der Waals surface area contributed by atoms with Crippen molar-refractivity contribution in [2.75, 3.05) is 5.32 Å².